The van der Waals surface area contributed by atoms with Crippen LogP contribution in [0.3, 0.4) is 0 Å². The second-order valence-corrected chi connectivity index (χ2v) is 6.52. The molecule has 0 aromatic heterocycles. The van der Waals surface area contributed by atoms with Gasteiger partial charge in [-0.05, 0) is 44.3 Å². The Morgan fingerprint density at radius 1 is 1.04 bits per heavy atom. The van der Waals surface area contributed by atoms with Gasteiger partial charge in [0.25, 0.3) is 0 Å². The van der Waals surface area contributed by atoms with Gasteiger partial charge >= 0.3 is 0 Å². The maximum atomic E-state index is 13.7. The van der Waals surface area contributed by atoms with Crippen LogP contribution in [0.4, 0.5) is 4.39 Å². The van der Waals surface area contributed by atoms with Crippen LogP contribution in [-0.4, -0.2) is 45.2 Å². The van der Waals surface area contributed by atoms with Crippen molar-refractivity contribution in [1.29, 1.82) is 0 Å². The fourth-order valence-corrected chi connectivity index (χ4v) is 2.50. The largest absolute Gasteiger partial charge is 0.494 e. The first-order chi connectivity index (χ1) is 13.1. The Bertz CT molecular complexity index is 716. The van der Waals surface area contributed by atoms with E-state index in [0.717, 1.165) is 24.3 Å². The zero-order valence-corrected chi connectivity index (χ0v) is 16.3. The van der Waals surface area contributed by atoms with Crippen molar-refractivity contribution in [3.63, 3.8) is 0 Å². The molecule has 0 atom stereocenters. The Hall–Kier alpha value is -2.60. The quantitative estimate of drug-likeness (QED) is 0.404. The van der Waals surface area contributed by atoms with Gasteiger partial charge in [-0.1, -0.05) is 30.3 Å². The molecule has 0 saturated heterocycles. The van der Waals surface area contributed by atoms with Gasteiger partial charge in [0.2, 0.25) is 0 Å². The second kappa shape index (κ2) is 11.2. The smallest absolute Gasteiger partial charge is 0.191 e. The highest BCUT2D eigenvalue weighted by molar-refractivity contribution is 5.79. The number of nitrogens with zero attached hydrogens (tertiary/aromatic N) is 2. The minimum absolute atomic E-state index is 0.221. The molecule has 6 heteroatoms. The van der Waals surface area contributed by atoms with E-state index >= 15 is 0 Å². The molecule has 0 spiro atoms. The summed E-state index contributed by atoms with van der Waals surface area (Å²) in [7, 11) is 5.81. The molecule has 0 aliphatic rings. The minimum atomic E-state index is -0.221. The van der Waals surface area contributed by atoms with Crippen LogP contribution in [0.25, 0.3) is 0 Å². The van der Waals surface area contributed by atoms with Gasteiger partial charge in [0.1, 0.15) is 11.6 Å². The average molecular weight is 372 g/mol. The zero-order valence-electron chi connectivity index (χ0n) is 16.3. The highest BCUT2D eigenvalue weighted by Gasteiger charge is 2.03. The van der Waals surface area contributed by atoms with E-state index in [-0.39, 0.29) is 5.82 Å². The van der Waals surface area contributed by atoms with Crippen LogP contribution in [0.15, 0.2) is 53.5 Å². The molecule has 27 heavy (non-hydrogen) atoms. The molecule has 0 bridgehead atoms. The van der Waals surface area contributed by atoms with E-state index in [1.807, 2.05) is 30.3 Å². The first-order valence-electron chi connectivity index (χ1n) is 9.13. The summed E-state index contributed by atoms with van der Waals surface area (Å²) in [6, 6.07) is 14.7. The molecule has 2 rings (SSSR count). The first kappa shape index (κ1) is 20.7. The van der Waals surface area contributed by atoms with E-state index in [9.17, 15) is 4.39 Å². The summed E-state index contributed by atoms with van der Waals surface area (Å²) in [5, 5.41) is 6.35. The van der Waals surface area contributed by atoms with Crippen LogP contribution in [0.1, 0.15) is 17.5 Å². The lowest BCUT2D eigenvalue weighted by Crippen LogP contribution is -2.36. The molecule has 2 aromatic rings. The van der Waals surface area contributed by atoms with Crippen LogP contribution < -0.4 is 15.4 Å². The Balaban J connectivity index is 1.75. The van der Waals surface area contributed by atoms with Crippen molar-refractivity contribution >= 4 is 5.96 Å². The summed E-state index contributed by atoms with van der Waals surface area (Å²) in [5.41, 5.74) is 1.72. The monoisotopic (exact) mass is 372 g/mol. The molecule has 5 nitrogen and oxygen atoms in total. The topological polar surface area (TPSA) is 48.9 Å². The Labute approximate surface area is 161 Å². The second-order valence-electron chi connectivity index (χ2n) is 6.52. The molecule has 0 aliphatic heterocycles. The minimum Gasteiger partial charge on any atom is -0.494 e. The van der Waals surface area contributed by atoms with Crippen molar-refractivity contribution in [2.45, 2.75) is 19.5 Å². The third-order valence-corrected chi connectivity index (χ3v) is 4.03. The number of aliphatic imine (C=N–C) groups is 1. The fraction of sp³-hybridized carbons (Fsp3) is 0.381. The number of hydrogen-bond donors (Lipinski definition) is 2. The van der Waals surface area contributed by atoms with E-state index in [2.05, 4.69) is 34.6 Å². The van der Waals surface area contributed by atoms with Gasteiger partial charge < -0.3 is 20.3 Å². The van der Waals surface area contributed by atoms with Crippen molar-refractivity contribution in [2.24, 2.45) is 4.99 Å². The van der Waals surface area contributed by atoms with Gasteiger partial charge in [-0.2, -0.15) is 0 Å². The first-order valence-corrected chi connectivity index (χ1v) is 9.13. The summed E-state index contributed by atoms with van der Waals surface area (Å²) in [6.45, 7) is 2.73. The normalized spacial score (nSPS) is 11.5. The van der Waals surface area contributed by atoms with E-state index in [1.165, 1.54) is 6.07 Å². The Morgan fingerprint density at radius 3 is 2.41 bits per heavy atom. The standard InChI is InChI=1S/C21H29FN4O/c1-23-21(25-16-18-7-4-5-8-20(18)22)24-15-17-9-11-19(12-10-17)27-14-6-13-26(2)3/h4-5,7-12H,6,13-16H2,1-3H3,(H2,23,24,25). The molecular formula is C21H29FN4O. The molecule has 0 aliphatic carbocycles. The van der Waals surface area contributed by atoms with Crippen LogP contribution >= 0.6 is 0 Å². The number of guanidine groups is 1. The molecule has 2 N–H and O–H groups in total. The SMILES string of the molecule is CN=C(NCc1ccc(OCCCN(C)C)cc1)NCc1ccccc1F. The average Bonchev–Trinajstić information content (AvgIpc) is 2.67. The van der Waals surface area contributed by atoms with Crippen molar-refractivity contribution < 1.29 is 9.13 Å². The molecule has 0 unspecified atom stereocenters. The van der Waals surface area contributed by atoms with Crippen LogP contribution in [0.5, 0.6) is 5.75 Å². The molecule has 0 saturated carbocycles. The van der Waals surface area contributed by atoms with Gasteiger partial charge in [-0.25, -0.2) is 4.39 Å². The predicted molar refractivity (Wildman–Crippen MR) is 109 cm³/mol. The van der Waals surface area contributed by atoms with E-state index in [0.29, 0.717) is 31.2 Å². The summed E-state index contributed by atoms with van der Waals surface area (Å²) >= 11 is 0. The predicted octanol–water partition coefficient (Wildman–Crippen LogP) is 3.02. The maximum Gasteiger partial charge on any atom is 0.191 e. The molecule has 2 aromatic carbocycles. The third kappa shape index (κ3) is 7.66. The summed E-state index contributed by atoms with van der Waals surface area (Å²) in [5.74, 6) is 1.28. The molecular weight excluding hydrogens is 343 g/mol. The zero-order chi connectivity index (χ0) is 19.5. The van der Waals surface area contributed by atoms with Crippen molar-refractivity contribution in [1.82, 2.24) is 15.5 Å². The van der Waals surface area contributed by atoms with Crippen molar-refractivity contribution in [2.75, 3.05) is 34.3 Å². The molecule has 0 fully saturated rings. The van der Waals surface area contributed by atoms with Gasteiger partial charge in [0, 0.05) is 32.2 Å². The molecule has 0 amide bonds. The van der Waals surface area contributed by atoms with Crippen molar-refractivity contribution in [3.8, 4) is 5.75 Å². The number of rotatable bonds is 9. The number of halogens is 1. The molecule has 0 heterocycles. The highest BCUT2D eigenvalue weighted by atomic mass is 19.1. The van der Waals surface area contributed by atoms with Crippen LogP contribution in [-0.2, 0) is 13.1 Å². The summed E-state index contributed by atoms with van der Waals surface area (Å²) in [6.07, 6.45) is 1.00. The van der Waals surface area contributed by atoms with Crippen molar-refractivity contribution in [3.05, 3.63) is 65.5 Å². The van der Waals surface area contributed by atoms with Crippen LogP contribution in [0.2, 0.25) is 0 Å². The Morgan fingerprint density at radius 2 is 1.74 bits per heavy atom. The molecule has 146 valence electrons. The lowest BCUT2D eigenvalue weighted by Gasteiger charge is -2.13. The lowest BCUT2D eigenvalue weighted by atomic mass is 10.2. The van der Waals surface area contributed by atoms with E-state index in [4.69, 9.17) is 4.74 Å². The summed E-state index contributed by atoms with van der Waals surface area (Å²) in [4.78, 5) is 6.32. The van der Waals surface area contributed by atoms with E-state index in [1.54, 1.807) is 19.2 Å². The van der Waals surface area contributed by atoms with Gasteiger partial charge in [0.15, 0.2) is 5.96 Å². The summed E-state index contributed by atoms with van der Waals surface area (Å²) < 4.78 is 19.4. The number of ether oxygens (including phenoxy) is 1. The number of nitrogens with one attached hydrogen (secondary N) is 2. The fourth-order valence-electron chi connectivity index (χ4n) is 2.50. The lowest BCUT2D eigenvalue weighted by molar-refractivity contribution is 0.281. The third-order valence-electron chi connectivity index (χ3n) is 4.03. The van der Waals surface area contributed by atoms with E-state index < -0.39 is 0 Å². The Kier molecular flexibility index (Phi) is 8.58. The van der Waals surface area contributed by atoms with Gasteiger partial charge in [-0.3, -0.25) is 4.99 Å². The van der Waals surface area contributed by atoms with Gasteiger partial charge in [0.05, 0.1) is 6.61 Å². The van der Waals surface area contributed by atoms with Crippen LogP contribution in [0, 0.1) is 5.82 Å². The highest BCUT2D eigenvalue weighted by Crippen LogP contribution is 2.12. The number of hydrogen-bond acceptors (Lipinski definition) is 3. The maximum absolute atomic E-state index is 13.7. The van der Waals surface area contributed by atoms with Gasteiger partial charge in [-0.15, -0.1) is 0 Å². The number of benzene rings is 2. The molecule has 0 radical (unpaired) electrons.